The number of amides is 1. The fraction of sp³-hybridized carbons (Fsp3) is 0.316. The van der Waals surface area contributed by atoms with E-state index in [1.807, 2.05) is 37.3 Å². The monoisotopic (exact) mass is 406 g/mol. The summed E-state index contributed by atoms with van der Waals surface area (Å²) in [5, 5.41) is 5.62. The average molecular weight is 407 g/mol. The van der Waals surface area contributed by atoms with E-state index in [1.54, 1.807) is 17.5 Å². The fourth-order valence-electron chi connectivity index (χ4n) is 2.75. The Morgan fingerprint density at radius 1 is 1.26 bits per heavy atom. The average Bonchev–Trinajstić information content (AvgIpc) is 3.31. The van der Waals surface area contributed by atoms with E-state index in [0.29, 0.717) is 16.4 Å². The Kier molecular flexibility index (Phi) is 5.98. The predicted octanol–water partition coefficient (Wildman–Crippen LogP) is 3.77. The maximum atomic E-state index is 12.3. The van der Waals surface area contributed by atoms with Gasteiger partial charge in [0.05, 0.1) is 6.04 Å². The van der Waals surface area contributed by atoms with Crippen molar-refractivity contribution in [3.05, 3.63) is 53.6 Å². The first-order valence-electron chi connectivity index (χ1n) is 8.65. The normalized spacial score (nSPS) is 13.1. The summed E-state index contributed by atoms with van der Waals surface area (Å²) in [5.41, 5.74) is 0.786. The second kappa shape index (κ2) is 8.24. The Bertz CT molecular complexity index is 976. The van der Waals surface area contributed by atoms with Crippen molar-refractivity contribution in [3.63, 3.8) is 0 Å². The van der Waals surface area contributed by atoms with Crippen LogP contribution in [0.15, 0.2) is 56.5 Å². The van der Waals surface area contributed by atoms with Crippen LogP contribution in [0.2, 0.25) is 0 Å². The Labute approximate surface area is 162 Å². The third kappa shape index (κ3) is 4.58. The number of hydrogen-bond donors (Lipinski definition) is 1. The topological polar surface area (TPSA) is 79.6 Å². The number of benzene rings is 1. The van der Waals surface area contributed by atoms with E-state index < -0.39 is 10.0 Å². The van der Waals surface area contributed by atoms with E-state index in [9.17, 15) is 13.2 Å². The lowest BCUT2D eigenvalue weighted by molar-refractivity contribution is -0.122. The number of nitrogens with zero attached hydrogens (tertiary/aromatic N) is 1. The number of hydrogen-bond acceptors (Lipinski definition) is 5. The number of thiophene rings is 1. The molecule has 0 aliphatic rings. The minimum Gasteiger partial charge on any atom is -0.459 e. The number of sulfonamides is 1. The number of carbonyl (C=O) groups is 1. The lowest BCUT2D eigenvalue weighted by Crippen LogP contribution is -2.30. The van der Waals surface area contributed by atoms with Crippen molar-refractivity contribution in [3.8, 4) is 0 Å². The van der Waals surface area contributed by atoms with Gasteiger partial charge in [-0.05, 0) is 36.9 Å². The van der Waals surface area contributed by atoms with Crippen molar-refractivity contribution >= 4 is 38.2 Å². The number of para-hydroxylation sites is 1. The molecule has 2 heterocycles. The molecule has 1 amide bonds. The highest BCUT2D eigenvalue weighted by Crippen LogP contribution is 2.24. The van der Waals surface area contributed by atoms with E-state index in [4.69, 9.17) is 4.42 Å². The van der Waals surface area contributed by atoms with Gasteiger partial charge in [0.1, 0.15) is 15.6 Å². The Hall–Kier alpha value is -2.16. The van der Waals surface area contributed by atoms with Crippen LogP contribution < -0.4 is 5.32 Å². The first kappa shape index (κ1) is 19.6. The molecule has 144 valence electrons. The van der Waals surface area contributed by atoms with Gasteiger partial charge >= 0.3 is 0 Å². The number of carbonyl (C=O) groups excluding carboxylic acids is 1. The fourth-order valence-corrected chi connectivity index (χ4v) is 5.16. The molecule has 3 rings (SSSR count). The van der Waals surface area contributed by atoms with Gasteiger partial charge in [0.25, 0.3) is 10.0 Å². The summed E-state index contributed by atoms with van der Waals surface area (Å²) >= 11 is 1.19. The lowest BCUT2D eigenvalue weighted by atomic mass is 10.2. The molecular weight excluding hydrogens is 384 g/mol. The molecule has 8 heteroatoms. The van der Waals surface area contributed by atoms with Gasteiger partial charge in [0, 0.05) is 25.4 Å². The third-order valence-corrected chi connectivity index (χ3v) is 7.52. The van der Waals surface area contributed by atoms with E-state index in [0.717, 1.165) is 11.0 Å². The maximum absolute atomic E-state index is 12.3. The smallest absolute Gasteiger partial charge is 0.252 e. The molecule has 0 spiro atoms. The van der Waals surface area contributed by atoms with Crippen LogP contribution in [0.4, 0.5) is 0 Å². The van der Waals surface area contributed by atoms with E-state index >= 15 is 0 Å². The first-order valence-corrected chi connectivity index (χ1v) is 11.0. The van der Waals surface area contributed by atoms with Crippen molar-refractivity contribution in [2.75, 3.05) is 13.6 Å². The second-order valence-electron chi connectivity index (χ2n) is 6.34. The number of fused-ring (bicyclic) bond motifs is 1. The van der Waals surface area contributed by atoms with Crippen LogP contribution in [-0.2, 0) is 14.8 Å². The SMILES string of the molecule is CC(NC(=O)CCCN(C)S(=O)(=O)c1cccs1)c1cc2ccccc2o1. The van der Waals surface area contributed by atoms with Crippen molar-refractivity contribution in [2.24, 2.45) is 0 Å². The van der Waals surface area contributed by atoms with Crippen molar-refractivity contribution < 1.29 is 17.6 Å². The summed E-state index contributed by atoms with van der Waals surface area (Å²) in [6.45, 7) is 2.15. The van der Waals surface area contributed by atoms with Crippen LogP contribution in [-0.4, -0.2) is 32.2 Å². The van der Waals surface area contributed by atoms with Gasteiger partial charge in [0.15, 0.2) is 0 Å². The van der Waals surface area contributed by atoms with Crippen molar-refractivity contribution in [2.45, 2.75) is 30.0 Å². The summed E-state index contributed by atoms with van der Waals surface area (Å²) in [7, 11) is -1.94. The van der Waals surface area contributed by atoms with Gasteiger partial charge in [-0.3, -0.25) is 4.79 Å². The van der Waals surface area contributed by atoms with E-state index in [1.165, 1.54) is 22.7 Å². The number of furan rings is 1. The van der Waals surface area contributed by atoms with Gasteiger partial charge in [-0.2, -0.15) is 0 Å². The highest BCUT2D eigenvalue weighted by atomic mass is 32.2. The molecule has 0 radical (unpaired) electrons. The summed E-state index contributed by atoms with van der Waals surface area (Å²) < 4.78 is 32.0. The Morgan fingerprint density at radius 3 is 2.74 bits per heavy atom. The molecule has 1 unspecified atom stereocenters. The summed E-state index contributed by atoms with van der Waals surface area (Å²) in [6, 6.07) is 12.6. The molecule has 0 aliphatic heterocycles. The van der Waals surface area contributed by atoms with Gasteiger partial charge < -0.3 is 9.73 Å². The molecule has 6 nitrogen and oxygen atoms in total. The Morgan fingerprint density at radius 2 is 2.04 bits per heavy atom. The Balaban J connectivity index is 1.49. The summed E-state index contributed by atoms with van der Waals surface area (Å²) in [6.07, 6.45) is 0.689. The summed E-state index contributed by atoms with van der Waals surface area (Å²) in [4.78, 5) is 12.2. The zero-order chi connectivity index (χ0) is 19.4. The minimum atomic E-state index is -3.47. The third-order valence-electron chi connectivity index (χ3n) is 4.29. The van der Waals surface area contributed by atoms with Gasteiger partial charge in [0.2, 0.25) is 5.91 Å². The molecule has 1 N–H and O–H groups in total. The zero-order valence-electron chi connectivity index (χ0n) is 15.2. The minimum absolute atomic E-state index is 0.134. The second-order valence-corrected chi connectivity index (χ2v) is 9.56. The zero-order valence-corrected chi connectivity index (χ0v) is 16.8. The number of nitrogens with one attached hydrogen (secondary N) is 1. The predicted molar refractivity (Wildman–Crippen MR) is 106 cm³/mol. The maximum Gasteiger partial charge on any atom is 0.252 e. The molecule has 3 aromatic rings. The summed E-state index contributed by atoms with van der Waals surface area (Å²) in [5.74, 6) is 0.562. The highest BCUT2D eigenvalue weighted by Gasteiger charge is 2.21. The van der Waals surface area contributed by atoms with Crippen molar-refractivity contribution in [1.29, 1.82) is 0 Å². The quantitative estimate of drug-likeness (QED) is 0.617. The molecular formula is C19H22N2O4S2. The van der Waals surface area contributed by atoms with Crippen LogP contribution >= 0.6 is 11.3 Å². The molecule has 0 saturated heterocycles. The molecule has 0 saturated carbocycles. The number of rotatable bonds is 8. The van der Waals surface area contributed by atoms with Crippen LogP contribution in [0, 0.1) is 0 Å². The van der Waals surface area contributed by atoms with Gasteiger partial charge in [-0.1, -0.05) is 24.3 Å². The molecule has 27 heavy (non-hydrogen) atoms. The van der Waals surface area contributed by atoms with Gasteiger partial charge in [-0.25, -0.2) is 12.7 Å². The molecule has 2 aromatic heterocycles. The first-order chi connectivity index (χ1) is 12.9. The lowest BCUT2D eigenvalue weighted by Gasteiger charge is -2.16. The van der Waals surface area contributed by atoms with Crippen LogP contribution in [0.25, 0.3) is 11.0 Å². The molecule has 0 bridgehead atoms. The van der Waals surface area contributed by atoms with Crippen LogP contribution in [0.3, 0.4) is 0 Å². The largest absolute Gasteiger partial charge is 0.459 e. The van der Waals surface area contributed by atoms with E-state index in [2.05, 4.69) is 5.32 Å². The van der Waals surface area contributed by atoms with Crippen LogP contribution in [0.1, 0.15) is 31.6 Å². The van der Waals surface area contributed by atoms with Crippen molar-refractivity contribution in [1.82, 2.24) is 9.62 Å². The standard InChI is InChI=1S/C19H22N2O4S2/c1-14(17-13-15-7-3-4-8-16(15)25-17)20-18(22)9-5-11-21(2)27(23,24)19-10-6-12-26-19/h3-4,6-8,10,12-14H,5,9,11H2,1-2H3,(H,20,22). The molecule has 1 aromatic carbocycles. The molecule has 0 fully saturated rings. The van der Waals surface area contributed by atoms with Crippen LogP contribution in [0.5, 0.6) is 0 Å². The van der Waals surface area contributed by atoms with E-state index in [-0.39, 0.29) is 24.9 Å². The molecule has 0 aliphatic carbocycles. The molecule has 1 atom stereocenters. The highest BCUT2D eigenvalue weighted by molar-refractivity contribution is 7.91. The van der Waals surface area contributed by atoms with Gasteiger partial charge in [-0.15, -0.1) is 11.3 Å².